The van der Waals surface area contributed by atoms with Crippen LogP contribution in [0.2, 0.25) is 0 Å². The molecule has 2 heterocycles. The Morgan fingerprint density at radius 3 is 2.64 bits per heavy atom. The number of carbonyl (C=O) groups is 1. The molecule has 138 valence electrons. The number of methoxy groups -OCH3 is 1. The molecule has 5 heteroatoms. The van der Waals surface area contributed by atoms with E-state index in [9.17, 15) is 9.18 Å². The highest BCUT2D eigenvalue weighted by Gasteiger charge is 2.45. The Kier molecular flexibility index (Phi) is 5.74. The zero-order chi connectivity index (χ0) is 18.0. The largest absolute Gasteiger partial charge is 0.378 e. The smallest absolute Gasteiger partial charge is 0.226 e. The van der Waals surface area contributed by atoms with E-state index in [0.717, 1.165) is 38.0 Å². The van der Waals surface area contributed by atoms with E-state index in [4.69, 9.17) is 4.74 Å². The van der Waals surface area contributed by atoms with Crippen molar-refractivity contribution in [2.24, 2.45) is 5.92 Å². The van der Waals surface area contributed by atoms with E-state index in [1.165, 1.54) is 12.1 Å². The van der Waals surface area contributed by atoms with Gasteiger partial charge in [0.05, 0.1) is 12.5 Å². The summed E-state index contributed by atoms with van der Waals surface area (Å²) in [4.78, 5) is 16.9. The highest BCUT2D eigenvalue weighted by Crippen LogP contribution is 2.35. The van der Waals surface area contributed by atoms with Gasteiger partial charge in [0.1, 0.15) is 5.82 Å². The summed E-state index contributed by atoms with van der Waals surface area (Å²) in [5, 5.41) is 0. The van der Waals surface area contributed by atoms with Crippen LogP contribution in [0.4, 0.5) is 4.39 Å². The van der Waals surface area contributed by atoms with Crippen molar-refractivity contribution < 1.29 is 13.9 Å². The number of hydrogen-bond donors (Lipinski definition) is 0. The molecule has 0 aliphatic carbocycles. The molecule has 4 nitrogen and oxygen atoms in total. The molecule has 0 N–H and O–H groups in total. The van der Waals surface area contributed by atoms with Crippen LogP contribution in [0.1, 0.15) is 32.3 Å². The summed E-state index contributed by atoms with van der Waals surface area (Å²) in [6.45, 7) is 7.06. The Morgan fingerprint density at radius 1 is 1.32 bits per heavy atom. The van der Waals surface area contributed by atoms with Gasteiger partial charge in [0, 0.05) is 38.8 Å². The van der Waals surface area contributed by atoms with Crippen LogP contribution < -0.4 is 0 Å². The Labute approximate surface area is 149 Å². The lowest BCUT2D eigenvalue weighted by Crippen LogP contribution is -2.66. The van der Waals surface area contributed by atoms with Gasteiger partial charge in [0.2, 0.25) is 5.91 Å². The molecule has 1 aromatic rings. The van der Waals surface area contributed by atoms with Crippen LogP contribution in [0.25, 0.3) is 0 Å². The van der Waals surface area contributed by atoms with Gasteiger partial charge in [-0.1, -0.05) is 12.1 Å². The molecule has 1 amide bonds. The van der Waals surface area contributed by atoms with Crippen LogP contribution in [0.5, 0.6) is 0 Å². The van der Waals surface area contributed by atoms with Crippen molar-refractivity contribution in [1.29, 1.82) is 0 Å². The van der Waals surface area contributed by atoms with E-state index in [2.05, 4.69) is 18.7 Å². The zero-order valence-electron chi connectivity index (χ0n) is 15.5. The van der Waals surface area contributed by atoms with Gasteiger partial charge in [-0.05, 0) is 50.3 Å². The summed E-state index contributed by atoms with van der Waals surface area (Å²) in [5.41, 5.74) is 0.747. The van der Waals surface area contributed by atoms with Crippen LogP contribution >= 0.6 is 0 Å². The predicted octanol–water partition coefficient (Wildman–Crippen LogP) is 2.71. The molecule has 0 saturated carbocycles. The van der Waals surface area contributed by atoms with Gasteiger partial charge >= 0.3 is 0 Å². The van der Waals surface area contributed by atoms with Gasteiger partial charge in [0.25, 0.3) is 0 Å². The van der Waals surface area contributed by atoms with Crippen molar-refractivity contribution >= 4 is 5.91 Å². The van der Waals surface area contributed by atoms with E-state index in [0.29, 0.717) is 24.1 Å². The molecule has 1 aromatic carbocycles. The normalized spacial score (nSPS) is 25.2. The maximum atomic E-state index is 13.3. The average molecular weight is 348 g/mol. The maximum absolute atomic E-state index is 13.3. The van der Waals surface area contributed by atoms with Crippen molar-refractivity contribution in [3.05, 3.63) is 35.6 Å². The molecule has 2 saturated heterocycles. The number of benzene rings is 1. The molecule has 2 aliphatic rings. The fourth-order valence-corrected chi connectivity index (χ4v) is 4.28. The fourth-order valence-electron chi connectivity index (χ4n) is 4.28. The first-order valence-electron chi connectivity index (χ1n) is 9.30. The molecule has 0 spiro atoms. The Hall–Kier alpha value is -1.46. The average Bonchev–Trinajstić information content (AvgIpc) is 2.54. The second kappa shape index (κ2) is 7.83. The molecular formula is C20H29FN2O2. The number of piperidine rings is 1. The highest BCUT2D eigenvalue weighted by atomic mass is 19.1. The molecule has 3 rings (SSSR count). The minimum absolute atomic E-state index is 0.0988. The van der Waals surface area contributed by atoms with Gasteiger partial charge in [-0.2, -0.15) is 0 Å². The summed E-state index contributed by atoms with van der Waals surface area (Å²) in [6.07, 6.45) is 2.64. The van der Waals surface area contributed by atoms with Gasteiger partial charge in [-0.25, -0.2) is 4.39 Å². The summed E-state index contributed by atoms with van der Waals surface area (Å²) in [7, 11) is 1.80. The quantitative estimate of drug-likeness (QED) is 0.820. The predicted molar refractivity (Wildman–Crippen MR) is 95.8 cm³/mol. The summed E-state index contributed by atoms with van der Waals surface area (Å²) >= 11 is 0. The maximum Gasteiger partial charge on any atom is 0.226 e. The first-order chi connectivity index (χ1) is 12.0. The lowest BCUT2D eigenvalue weighted by Gasteiger charge is -2.54. The summed E-state index contributed by atoms with van der Waals surface area (Å²) in [5.74, 6) is 0.398. The molecule has 2 fully saturated rings. The number of rotatable bonds is 5. The van der Waals surface area contributed by atoms with Crippen LogP contribution in [-0.2, 0) is 16.0 Å². The van der Waals surface area contributed by atoms with Gasteiger partial charge < -0.3 is 9.64 Å². The topological polar surface area (TPSA) is 32.8 Å². The second-order valence-electron chi connectivity index (χ2n) is 7.58. The Balaban J connectivity index is 1.53. The molecule has 0 aromatic heterocycles. The molecule has 0 bridgehead atoms. The first-order valence-corrected chi connectivity index (χ1v) is 9.30. The summed E-state index contributed by atoms with van der Waals surface area (Å²) in [6, 6.07) is 7.33. The number of amides is 1. The molecule has 0 radical (unpaired) electrons. The van der Waals surface area contributed by atoms with Crippen molar-refractivity contribution in [3.63, 3.8) is 0 Å². The van der Waals surface area contributed by atoms with E-state index in [-0.39, 0.29) is 18.1 Å². The van der Waals surface area contributed by atoms with Crippen LogP contribution in [-0.4, -0.2) is 60.6 Å². The minimum atomic E-state index is -0.284. The minimum Gasteiger partial charge on any atom is -0.378 e. The van der Waals surface area contributed by atoms with Crippen molar-refractivity contribution in [1.82, 2.24) is 9.80 Å². The third kappa shape index (κ3) is 4.04. The van der Waals surface area contributed by atoms with E-state index in [1.807, 2.05) is 11.0 Å². The van der Waals surface area contributed by atoms with Crippen molar-refractivity contribution in [2.45, 2.75) is 51.3 Å². The van der Waals surface area contributed by atoms with Crippen LogP contribution in [0.3, 0.4) is 0 Å². The molecular weight excluding hydrogens is 319 g/mol. The number of likely N-dealkylation sites (tertiary alicyclic amines) is 2. The highest BCUT2D eigenvalue weighted by molar-refractivity contribution is 5.78. The van der Waals surface area contributed by atoms with Crippen molar-refractivity contribution in [2.75, 3.05) is 26.7 Å². The van der Waals surface area contributed by atoms with Crippen molar-refractivity contribution in [3.8, 4) is 0 Å². The standard InChI is InChI=1S/C20H29FN2O2/c1-14(2)23-13-18(25-3)20(23)16-7-9-22(10-8-16)19(24)12-15-5-4-6-17(21)11-15/h4-6,11,14,16,18,20H,7-10,12-13H2,1-3H3/t18-,20-/m0/s1. The second-order valence-corrected chi connectivity index (χ2v) is 7.58. The molecule has 0 unspecified atom stereocenters. The zero-order valence-corrected chi connectivity index (χ0v) is 15.5. The van der Waals surface area contributed by atoms with Gasteiger partial charge in [-0.15, -0.1) is 0 Å². The Bertz CT molecular complexity index is 599. The summed E-state index contributed by atoms with van der Waals surface area (Å²) < 4.78 is 18.9. The molecule has 2 aliphatic heterocycles. The molecule has 2 atom stereocenters. The third-order valence-corrected chi connectivity index (χ3v) is 5.74. The number of halogens is 1. The SMILES string of the molecule is CO[C@H]1CN(C(C)C)[C@H]1C1CCN(C(=O)Cc2cccc(F)c2)CC1. The van der Waals surface area contributed by atoms with Crippen LogP contribution in [0.15, 0.2) is 24.3 Å². The van der Waals surface area contributed by atoms with E-state index < -0.39 is 0 Å². The third-order valence-electron chi connectivity index (χ3n) is 5.74. The van der Waals surface area contributed by atoms with Crippen LogP contribution in [0, 0.1) is 11.7 Å². The lowest BCUT2D eigenvalue weighted by atomic mass is 9.79. The lowest BCUT2D eigenvalue weighted by molar-refractivity contribution is -0.140. The van der Waals surface area contributed by atoms with E-state index >= 15 is 0 Å². The van der Waals surface area contributed by atoms with Gasteiger partial charge in [-0.3, -0.25) is 9.69 Å². The molecule has 25 heavy (non-hydrogen) atoms. The number of carbonyl (C=O) groups excluding carboxylic acids is 1. The number of ether oxygens (including phenoxy) is 1. The Morgan fingerprint density at radius 2 is 2.04 bits per heavy atom. The fraction of sp³-hybridized carbons (Fsp3) is 0.650. The van der Waals surface area contributed by atoms with E-state index in [1.54, 1.807) is 13.2 Å². The number of nitrogens with zero attached hydrogens (tertiary/aromatic N) is 2. The number of hydrogen-bond acceptors (Lipinski definition) is 3. The van der Waals surface area contributed by atoms with Gasteiger partial charge in [0.15, 0.2) is 0 Å². The first kappa shape index (κ1) is 18.3. The monoisotopic (exact) mass is 348 g/mol.